The number of nitrogens with one attached hydrogen (secondary N) is 1. The Kier molecular flexibility index (Phi) is 7.60. The van der Waals surface area contributed by atoms with Crippen LogP contribution in [0.2, 0.25) is 0 Å². The first-order valence-electron chi connectivity index (χ1n) is 8.98. The van der Waals surface area contributed by atoms with Gasteiger partial charge in [-0.25, -0.2) is 13.1 Å². The smallest absolute Gasteiger partial charge is 0.303 e. The molecule has 0 radical (unpaired) electrons. The second-order valence-corrected chi connectivity index (χ2v) is 8.51. The number of benzene rings is 1. The zero-order valence-electron chi connectivity index (χ0n) is 15.1. The van der Waals surface area contributed by atoms with Gasteiger partial charge in [-0.05, 0) is 56.6 Å². The normalized spacial score (nSPS) is 20.5. The standard InChI is InChI=1S/C20H27NO4S/c1-16-11-13-19(14-12-16)26(24,25)21-15-18-9-6-5-8-17(18)7-3-2-4-10-20(22)23/h3,5-7,11-14,17-18,21H,2,4,8-10,15H2,1H3,(H,22,23). The van der Waals surface area contributed by atoms with Gasteiger partial charge in [0.15, 0.2) is 0 Å². The number of sulfonamides is 1. The molecule has 0 fully saturated rings. The Balaban J connectivity index is 1.91. The summed E-state index contributed by atoms with van der Waals surface area (Å²) in [7, 11) is -3.50. The molecule has 0 spiro atoms. The maximum Gasteiger partial charge on any atom is 0.303 e. The topological polar surface area (TPSA) is 83.5 Å². The molecule has 0 saturated heterocycles. The van der Waals surface area contributed by atoms with Crippen LogP contribution < -0.4 is 4.72 Å². The lowest BCUT2D eigenvalue weighted by molar-refractivity contribution is -0.137. The third kappa shape index (κ3) is 6.42. The van der Waals surface area contributed by atoms with E-state index in [2.05, 4.69) is 23.0 Å². The first kappa shape index (κ1) is 20.4. The monoisotopic (exact) mass is 377 g/mol. The maximum absolute atomic E-state index is 12.5. The van der Waals surface area contributed by atoms with Crippen molar-refractivity contribution in [3.63, 3.8) is 0 Å². The van der Waals surface area contributed by atoms with Gasteiger partial charge >= 0.3 is 5.97 Å². The van der Waals surface area contributed by atoms with E-state index in [1.807, 2.05) is 13.0 Å². The summed E-state index contributed by atoms with van der Waals surface area (Å²) in [5, 5.41) is 8.66. The summed E-state index contributed by atoms with van der Waals surface area (Å²) in [6.45, 7) is 2.32. The second-order valence-electron chi connectivity index (χ2n) is 6.75. The van der Waals surface area contributed by atoms with E-state index in [0.29, 0.717) is 13.0 Å². The van der Waals surface area contributed by atoms with E-state index in [1.54, 1.807) is 24.3 Å². The van der Waals surface area contributed by atoms with Crippen LogP contribution >= 0.6 is 0 Å². The van der Waals surface area contributed by atoms with Crippen molar-refractivity contribution in [1.82, 2.24) is 4.72 Å². The summed E-state index contributed by atoms with van der Waals surface area (Å²) in [6.07, 6.45) is 11.6. The van der Waals surface area contributed by atoms with Crippen molar-refractivity contribution in [2.45, 2.75) is 43.9 Å². The number of aryl methyl sites for hydroxylation is 1. The van der Waals surface area contributed by atoms with Crippen molar-refractivity contribution in [2.24, 2.45) is 11.8 Å². The molecule has 0 saturated carbocycles. The average Bonchev–Trinajstić information content (AvgIpc) is 2.61. The molecule has 26 heavy (non-hydrogen) atoms. The molecule has 1 aromatic carbocycles. The summed E-state index contributed by atoms with van der Waals surface area (Å²) in [6, 6.07) is 6.83. The summed E-state index contributed by atoms with van der Waals surface area (Å²) in [5.74, 6) is -0.302. The molecular weight excluding hydrogens is 350 g/mol. The zero-order valence-corrected chi connectivity index (χ0v) is 15.9. The van der Waals surface area contributed by atoms with Crippen molar-refractivity contribution in [3.8, 4) is 0 Å². The molecule has 2 unspecified atom stereocenters. The van der Waals surface area contributed by atoms with Crippen molar-refractivity contribution in [2.75, 3.05) is 6.54 Å². The molecule has 2 N–H and O–H groups in total. The lowest BCUT2D eigenvalue weighted by atomic mass is 9.83. The largest absolute Gasteiger partial charge is 0.481 e. The van der Waals surface area contributed by atoms with Crippen LogP contribution in [0.4, 0.5) is 0 Å². The van der Waals surface area contributed by atoms with E-state index in [-0.39, 0.29) is 23.2 Å². The average molecular weight is 378 g/mol. The molecule has 2 rings (SSSR count). The minimum Gasteiger partial charge on any atom is -0.481 e. The fourth-order valence-electron chi connectivity index (χ4n) is 3.02. The molecule has 1 aliphatic rings. The maximum atomic E-state index is 12.5. The van der Waals surface area contributed by atoms with Crippen LogP contribution in [0.5, 0.6) is 0 Å². The lowest BCUT2D eigenvalue weighted by Crippen LogP contribution is -2.33. The number of aliphatic carboxylic acids is 1. The Hall–Kier alpha value is -1.92. The Morgan fingerprint density at radius 1 is 1.23 bits per heavy atom. The van der Waals surface area contributed by atoms with E-state index in [0.717, 1.165) is 24.8 Å². The minimum absolute atomic E-state index is 0.175. The molecule has 2 atom stereocenters. The van der Waals surface area contributed by atoms with Crippen LogP contribution in [0.1, 0.15) is 37.7 Å². The molecule has 0 heterocycles. The predicted molar refractivity (Wildman–Crippen MR) is 102 cm³/mol. The van der Waals surface area contributed by atoms with E-state index >= 15 is 0 Å². The zero-order chi connectivity index (χ0) is 19.0. The third-order valence-electron chi connectivity index (χ3n) is 4.63. The summed E-state index contributed by atoms with van der Waals surface area (Å²) in [5.41, 5.74) is 1.02. The molecule has 1 aliphatic carbocycles. The van der Waals surface area contributed by atoms with Gasteiger partial charge in [-0.3, -0.25) is 4.79 Å². The number of rotatable bonds is 9. The van der Waals surface area contributed by atoms with Gasteiger partial charge in [0.25, 0.3) is 0 Å². The highest BCUT2D eigenvalue weighted by molar-refractivity contribution is 7.89. The van der Waals surface area contributed by atoms with Crippen molar-refractivity contribution >= 4 is 16.0 Å². The quantitative estimate of drug-likeness (QED) is 0.508. The molecule has 142 valence electrons. The Morgan fingerprint density at radius 2 is 1.92 bits per heavy atom. The first-order chi connectivity index (χ1) is 12.4. The molecule has 0 amide bonds. The number of hydrogen-bond acceptors (Lipinski definition) is 3. The van der Waals surface area contributed by atoms with Gasteiger partial charge in [-0.15, -0.1) is 0 Å². The molecule has 0 aliphatic heterocycles. The number of carboxylic acids is 1. The molecule has 1 aromatic rings. The highest BCUT2D eigenvalue weighted by Gasteiger charge is 2.23. The predicted octanol–water partition coefficient (Wildman–Crippen LogP) is 3.67. The number of allylic oxidation sites excluding steroid dienone is 4. The van der Waals surface area contributed by atoms with Gasteiger partial charge in [0.1, 0.15) is 0 Å². The Morgan fingerprint density at radius 3 is 2.62 bits per heavy atom. The van der Waals surface area contributed by atoms with Gasteiger partial charge in [-0.2, -0.15) is 0 Å². The van der Waals surface area contributed by atoms with Gasteiger partial charge in [0.2, 0.25) is 10.0 Å². The molecule has 5 nitrogen and oxygen atoms in total. The molecule has 0 aromatic heterocycles. The van der Waals surface area contributed by atoms with Gasteiger partial charge in [-0.1, -0.05) is 42.0 Å². The number of hydrogen-bond donors (Lipinski definition) is 2. The number of carboxylic acid groups (broad SMARTS) is 1. The van der Waals surface area contributed by atoms with E-state index in [1.165, 1.54) is 0 Å². The third-order valence-corrected chi connectivity index (χ3v) is 6.07. The van der Waals surface area contributed by atoms with Crippen LogP contribution in [0.15, 0.2) is 53.5 Å². The van der Waals surface area contributed by atoms with Crippen LogP contribution in [-0.4, -0.2) is 26.0 Å². The lowest BCUT2D eigenvalue weighted by Gasteiger charge is -2.26. The van der Waals surface area contributed by atoms with Crippen molar-refractivity contribution < 1.29 is 18.3 Å². The summed E-state index contributed by atoms with van der Waals surface area (Å²) >= 11 is 0. The number of carbonyl (C=O) groups is 1. The molecular formula is C20H27NO4S. The second kappa shape index (κ2) is 9.69. The highest BCUT2D eigenvalue weighted by atomic mass is 32.2. The minimum atomic E-state index is -3.50. The summed E-state index contributed by atoms with van der Waals surface area (Å²) < 4.78 is 27.6. The Labute approximate surface area is 155 Å². The fraction of sp³-hybridized carbons (Fsp3) is 0.450. The summed E-state index contributed by atoms with van der Waals surface area (Å²) in [4.78, 5) is 10.8. The fourth-order valence-corrected chi connectivity index (χ4v) is 4.12. The van der Waals surface area contributed by atoms with E-state index in [4.69, 9.17) is 5.11 Å². The SMILES string of the molecule is Cc1ccc(S(=O)(=O)NCC2CC=CCC2C=CCCCC(=O)O)cc1. The van der Waals surface area contributed by atoms with Gasteiger partial charge in [0, 0.05) is 13.0 Å². The van der Waals surface area contributed by atoms with E-state index < -0.39 is 16.0 Å². The molecule has 6 heteroatoms. The highest BCUT2D eigenvalue weighted by Crippen LogP contribution is 2.27. The van der Waals surface area contributed by atoms with Gasteiger partial charge < -0.3 is 5.11 Å². The number of unbranched alkanes of at least 4 members (excludes halogenated alkanes) is 1. The van der Waals surface area contributed by atoms with Crippen LogP contribution in [0.3, 0.4) is 0 Å². The van der Waals surface area contributed by atoms with Crippen molar-refractivity contribution in [3.05, 3.63) is 54.1 Å². The van der Waals surface area contributed by atoms with E-state index in [9.17, 15) is 13.2 Å². The van der Waals surface area contributed by atoms with Crippen LogP contribution in [0.25, 0.3) is 0 Å². The van der Waals surface area contributed by atoms with Crippen molar-refractivity contribution in [1.29, 1.82) is 0 Å². The van der Waals surface area contributed by atoms with Crippen LogP contribution in [0, 0.1) is 18.8 Å². The van der Waals surface area contributed by atoms with Crippen LogP contribution in [-0.2, 0) is 14.8 Å². The first-order valence-corrected chi connectivity index (χ1v) is 10.5. The molecule has 0 bridgehead atoms. The van der Waals surface area contributed by atoms with Gasteiger partial charge in [0.05, 0.1) is 4.90 Å². The Bertz CT molecular complexity index is 751.